The third kappa shape index (κ3) is 4.69. The first-order valence-corrected chi connectivity index (χ1v) is 7.37. The maximum atomic E-state index is 13.5. The van der Waals surface area contributed by atoms with E-state index in [0.29, 0.717) is 6.07 Å². The number of anilines is 1. The van der Waals surface area contributed by atoms with Crippen molar-refractivity contribution < 1.29 is 31.9 Å². The molecule has 0 saturated carbocycles. The monoisotopic (exact) mass is 367 g/mol. The van der Waals surface area contributed by atoms with Crippen molar-refractivity contribution in [2.45, 2.75) is 13.0 Å². The summed E-state index contributed by atoms with van der Waals surface area (Å²) in [5, 5.41) is 1.98. The van der Waals surface area contributed by atoms with Gasteiger partial charge in [0.1, 0.15) is 5.82 Å². The molecule has 1 amide bonds. The van der Waals surface area contributed by atoms with E-state index in [2.05, 4.69) is 0 Å². The Balaban J connectivity index is 1.97. The van der Waals surface area contributed by atoms with Gasteiger partial charge in [-0.05, 0) is 31.2 Å². The lowest BCUT2D eigenvalue weighted by atomic mass is 10.2. The molecule has 2 aromatic carbocycles. The van der Waals surface area contributed by atoms with Crippen LogP contribution in [0.2, 0.25) is 0 Å². The van der Waals surface area contributed by atoms with Crippen LogP contribution < -0.4 is 5.32 Å². The van der Waals surface area contributed by atoms with Crippen molar-refractivity contribution in [2.24, 2.45) is 0 Å². The Morgan fingerprint density at radius 3 is 2.38 bits per heavy atom. The summed E-state index contributed by atoms with van der Waals surface area (Å²) in [6.07, 6.45) is 0.720. The number of carbonyl (C=O) groups is 2. The van der Waals surface area contributed by atoms with E-state index < -0.39 is 46.9 Å². The van der Waals surface area contributed by atoms with Crippen LogP contribution in [0.3, 0.4) is 0 Å². The van der Waals surface area contributed by atoms with Gasteiger partial charge in [-0.1, -0.05) is 18.2 Å². The smallest absolute Gasteiger partial charge is 0.331 e. The Morgan fingerprint density at radius 2 is 1.69 bits per heavy atom. The fraction of sp³-hybridized carbons (Fsp3) is 0.111. The van der Waals surface area contributed by atoms with Gasteiger partial charge >= 0.3 is 5.97 Å². The summed E-state index contributed by atoms with van der Waals surface area (Å²) in [5.74, 6) is -7.16. The van der Waals surface area contributed by atoms with Gasteiger partial charge in [-0.25, -0.2) is 22.4 Å². The first kappa shape index (κ1) is 19.2. The van der Waals surface area contributed by atoms with E-state index in [0.717, 1.165) is 18.2 Å². The number of benzene rings is 2. The number of ether oxygens (including phenoxy) is 1. The van der Waals surface area contributed by atoms with E-state index in [1.807, 2.05) is 5.32 Å². The summed E-state index contributed by atoms with van der Waals surface area (Å²) in [6, 6.07) is 7.16. The Morgan fingerprint density at radius 1 is 1.00 bits per heavy atom. The summed E-state index contributed by atoms with van der Waals surface area (Å²) in [5.41, 5.74) is -0.455. The van der Waals surface area contributed by atoms with E-state index in [4.69, 9.17) is 4.74 Å². The fourth-order valence-electron chi connectivity index (χ4n) is 1.89. The van der Waals surface area contributed by atoms with Crippen molar-refractivity contribution in [2.75, 3.05) is 5.32 Å². The predicted molar refractivity (Wildman–Crippen MR) is 85.9 cm³/mol. The highest BCUT2D eigenvalue weighted by Crippen LogP contribution is 2.20. The van der Waals surface area contributed by atoms with Gasteiger partial charge in [-0.15, -0.1) is 0 Å². The zero-order valence-corrected chi connectivity index (χ0v) is 13.4. The zero-order valence-electron chi connectivity index (χ0n) is 13.4. The van der Waals surface area contributed by atoms with Gasteiger partial charge in [0, 0.05) is 11.6 Å². The minimum absolute atomic E-state index is 0.144. The molecule has 1 atom stereocenters. The molecule has 8 heteroatoms. The molecule has 2 aromatic rings. The third-order valence-electron chi connectivity index (χ3n) is 3.26. The number of rotatable bonds is 5. The van der Waals surface area contributed by atoms with E-state index in [-0.39, 0.29) is 5.56 Å². The normalized spacial score (nSPS) is 12.0. The van der Waals surface area contributed by atoms with Gasteiger partial charge in [-0.2, -0.15) is 0 Å². The lowest BCUT2D eigenvalue weighted by molar-refractivity contribution is -0.148. The van der Waals surface area contributed by atoms with Gasteiger partial charge in [0.05, 0.1) is 5.69 Å². The predicted octanol–water partition coefficient (Wildman–Crippen LogP) is 3.83. The van der Waals surface area contributed by atoms with Crippen molar-refractivity contribution in [3.05, 3.63) is 71.3 Å². The second-order valence-electron chi connectivity index (χ2n) is 5.15. The summed E-state index contributed by atoms with van der Waals surface area (Å²) < 4.78 is 57.7. The molecule has 0 unspecified atom stereocenters. The molecule has 0 fully saturated rings. The molecule has 0 heterocycles. The summed E-state index contributed by atoms with van der Waals surface area (Å²) in [4.78, 5) is 23.5. The first-order chi connectivity index (χ1) is 12.3. The van der Waals surface area contributed by atoms with Gasteiger partial charge in [-0.3, -0.25) is 4.79 Å². The van der Waals surface area contributed by atoms with Crippen molar-refractivity contribution in [3.63, 3.8) is 0 Å². The number of hydrogen-bond acceptors (Lipinski definition) is 3. The number of esters is 1. The maximum absolute atomic E-state index is 13.5. The Kier molecular flexibility index (Phi) is 6.11. The molecule has 0 radical (unpaired) electrons. The summed E-state index contributed by atoms with van der Waals surface area (Å²) in [6.45, 7) is 1.20. The Hall–Kier alpha value is -3.16. The molecule has 1 N–H and O–H groups in total. The first-order valence-electron chi connectivity index (χ1n) is 7.37. The molecule has 0 aromatic heterocycles. The lowest BCUT2D eigenvalue weighted by Crippen LogP contribution is -2.29. The van der Waals surface area contributed by atoms with Gasteiger partial charge in [0.25, 0.3) is 5.91 Å². The van der Waals surface area contributed by atoms with Crippen LogP contribution in [0, 0.1) is 23.3 Å². The van der Waals surface area contributed by atoms with Crippen LogP contribution in [-0.4, -0.2) is 18.0 Å². The largest absolute Gasteiger partial charge is 0.449 e. The molecule has 0 saturated heterocycles. The van der Waals surface area contributed by atoms with Crippen molar-refractivity contribution in [3.8, 4) is 0 Å². The summed E-state index contributed by atoms with van der Waals surface area (Å²) in [7, 11) is 0. The molecule has 26 heavy (non-hydrogen) atoms. The molecule has 0 aliphatic carbocycles. The van der Waals surface area contributed by atoms with Gasteiger partial charge in [0.2, 0.25) is 0 Å². The minimum Gasteiger partial charge on any atom is -0.449 e. The Bertz CT molecular complexity index is 868. The van der Waals surface area contributed by atoms with Crippen LogP contribution in [0.4, 0.5) is 23.2 Å². The SMILES string of the molecule is C[C@H](OC(=O)/C=C/c1ccccc1F)C(=O)Nc1ccc(F)c(F)c1F. The van der Waals surface area contributed by atoms with Crippen LogP contribution in [0.1, 0.15) is 12.5 Å². The van der Waals surface area contributed by atoms with E-state index in [1.54, 1.807) is 6.07 Å². The topological polar surface area (TPSA) is 55.4 Å². The standard InChI is InChI=1S/C18H13F4NO3/c1-10(18(25)23-14-8-7-13(20)16(21)17(14)22)26-15(24)9-6-11-4-2-3-5-12(11)19/h2-10H,1H3,(H,23,25)/b9-6+/t10-/m0/s1. The highest BCUT2D eigenvalue weighted by atomic mass is 19.2. The van der Waals surface area contributed by atoms with Crippen LogP contribution >= 0.6 is 0 Å². The average molecular weight is 367 g/mol. The zero-order chi connectivity index (χ0) is 19.3. The molecule has 0 aliphatic rings. The molecular weight excluding hydrogens is 354 g/mol. The van der Waals surface area contributed by atoms with E-state index >= 15 is 0 Å². The molecule has 0 spiro atoms. The second kappa shape index (κ2) is 8.28. The molecule has 136 valence electrons. The summed E-state index contributed by atoms with van der Waals surface area (Å²) >= 11 is 0. The number of carbonyl (C=O) groups excluding carboxylic acids is 2. The second-order valence-corrected chi connectivity index (χ2v) is 5.15. The van der Waals surface area contributed by atoms with Crippen molar-refractivity contribution in [1.29, 1.82) is 0 Å². The van der Waals surface area contributed by atoms with Gasteiger partial charge < -0.3 is 10.1 Å². The number of nitrogens with one attached hydrogen (secondary N) is 1. The van der Waals surface area contributed by atoms with Crippen molar-refractivity contribution >= 4 is 23.6 Å². The molecule has 0 bridgehead atoms. The third-order valence-corrected chi connectivity index (χ3v) is 3.26. The van der Waals surface area contributed by atoms with E-state index in [1.165, 1.54) is 25.1 Å². The number of halogens is 4. The minimum atomic E-state index is -1.74. The molecule has 4 nitrogen and oxygen atoms in total. The quantitative estimate of drug-likeness (QED) is 0.378. The molecular formula is C18H13F4NO3. The van der Waals surface area contributed by atoms with Gasteiger partial charge in [0.15, 0.2) is 23.6 Å². The molecule has 2 rings (SSSR count). The molecule has 0 aliphatic heterocycles. The van der Waals surface area contributed by atoms with Crippen LogP contribution in [0.5, 0.6) is 0 Å². The number of hydrogen-bond donors (Lipinski definition) is 1. The van der Waals surface area contributed by atoms with Crippen LogP contribution in [0.15, 0.2) is 42.5 Å². The average Bonchev–Trinajstić information content (AvgIpc) is 2.61. The van der Waals surface area contributed by atoms with Crippen LogP contribution in [0.25, 0.3) is 6.08 Å². The highest BCUT2D eigenvalue weighted by Gasteiger charge is 2.20. The van der Waals surface area contributed by atoms with E-state index in [9.17, 15) is 27.2 Å². The fourth-order valence-corrected chi connectivity index (χ4v) is 1.89. The maximum Gasteiger partial charge on any atom is 0.331 e. The highest BCUT2D eigenvalue weighted by molar-refractivity contribution is 5.96. The van der Waals surface area contributed by atoms with Crippen molar-refractivity contribution in [1.82, 2.24) is 0 Å². The van der Waals surface area contributed by atoms with Crippen LogP contribution in [-0.2, 0) is 14.3 Å². The number of amides is 1. The lowest BCUT2D eigenvalue weighted by Gasteiger charge is -2.13. The Labute approximate surface area is 146 Å².